The van der Waals surface area contributed by atoms with Crippen LogP contribution >= 0.6 is 0 Å². The molecular formula is C21H25N3O3. The minimum Gasteiger partial charge on any atom is -0.497 e. The molecule has 6 nitrogen and oxygen atoms in total. The van der Waals surface area contributed by atoms with Gasteiger partial charge >= 0.3 is 0 Å². The van der Waals surface area contributed by atoms with Crippen molar-refractivity contribution >= 4 is 11.8 Å². The molecule has 2 amide bonds. The average Bonchev–Trinajstić information content (AvgIpc) is 2.73. The zero-order valence-electron chi connectivity index (χ0n) is 15.5. The van der Waals surface area contributed by atoms with Crippen LogP contribution in [0.3, 0.4) is 0 Å². The van der Waals surface area contributed by atoms with Gasteiger partial charge < -0.3 is 20.3 Å². The Morgan fingerprint density at radius 1 is 0.963 bits per heavy atom. The largest absolute Gasteiger partial charge is 0.497 e. The van der Waals surface area contributed by atoms with E-state index in [4.69, 9.17) is 10.5 Å². The van der Waals surface area contributed by atoms with E-state index in [1.54, 1.807) is 41.2 Å². The molecule has 0 spiro atoms. The van der Waals surface area contributed by atoms with Crippen LogP contribution in [0.1, 0.15) is 15.9 Å². The second-order valence-corrected chi connectivity index (χ2v) is 6.64. The minimum atomic E-state index is -0.559. The molecular weight excluding hydrogens is 342 g/mol. The van der Waals surface area contributed by atoms with E-state index in [1.165, 1.54) is 0 Å². The van der Waals surface area contributed by atoms with Crippen LogP contribution in [0.4, 0.5) is 0 Å². The summed E-state index contributed by atoms with van der Waals surface area (Å²) in [6.45, 7) is 2.02. The summed E-state index contributed by atoms with van der Waals surface area (Å²) in [5.41, 5.74) is 7.78. The third-order valence-electron chi connectivity index (χ3n) is 4.83. The molecule has 3 rings (SSSR count). The lowest BCUT2D eigenvalue weighted by atomic mass is 10.1. The molecule has 142 valence electrons. The number of piperazine rings is 1. The van der Waals surface area contributed by atoms with Gasteiger partial charge in [0.15, 0.2) is 0 Å². The maximum Gasteiger partial charge on any atom is 0.253 e. The van der Waals surface area contributed by atoms with Gasteiger partial charge in [-0.3, -0.25) is 9.59 Å². The molecule has 27 heavy (non-hydrogen) atoms. The first-order valence-corrected chi connectivity index (χ1v) is 9.10. The van der Waals surface area contributed by atoms with Gasteiger partial charge in [0.1, 0.15) is 5.75 Å². The molecule has 1 saturated heterocycles. The van der Waals surface area contributed by atoms with Crippen LogP contribution in [0, 0.1) is 0 Å². The van der Waals surface area contributed by atoms with E-state index in [2.05, 4.69) is 0 Å². The SMILES string of the molecule is COc1ccc(C(=O)N2CCN(C(=O)C(N)Cc3ccccc3)CC2)cc1. The van der Waals surface area contributed by atoms with E-state index in [1.807, 2.05) is 30.3 Å². The van der Waals surface area contributed by atoms with E-state index in [-0.39, 0.29) is 11.8 Å². The molecule has 1 aliphatic rings. The number of hydrogen-bond acceptors (Lipinski definition) is 4. The van der Waals surface area contributed by atoms with Crippen LogP contribution in [-0.2, 0) is 11.2 Å². The number of rotatable bonds is 5. The van der Waals surface area contributed by atoms with Crippen LogP contribution in [0.5, 0.6) is 5.75 Å². The third-order valence-corrected chi connectivity index (χ3v) is 4.83. The Balaban J connectivity index is 1.53. The van der Waals surface area contributed by atoms with E-state index in [0.29, 0.717) is 38.2 Å². The lowest BCUT2D eigenvalue weighted by molar-refractivity contribution is -0.134. The molecule has 0 radical (unpaired) electrons. The fourth-order valence-electron chi connectivity index (χ4n) is 3.24. The number of ether oxygens (including phenoxy) is 1. The van der Waals surface area contributed by atoms with E-state index in [9.17, 15) is 9.59 Å². The molecule has 0 bridgehead atoms. The van der Waals surface area contributed by atoms with Crippen LogP contribution in [0.2, 0.25) is 0 Å². The standard InChI is InChI=1S/C21H25N3O3/c1-27-18-9-7-17(8-10-18)20(25)23-11-13-24(14-12-23)21(26)19(22)15-16-5-3-2-4-6-16/h2-10,19H,11-15,22H2,1H3. The van der Waals surface area contributed by atoms with Crippen molar-refractivity contribution in [2.45, 2.75) is 12.5 Å². The molecule has 1 aliphatic heterocycles. The highest BCUT2D eigenvalue weighted by Crippen LogP contribution is 2.15. The van der Waals surface area contributed by atoms with Crippen molar-refractivity contribution in [2.75, 3.05) is 33.3 Å². The van der Waals surface area contributed by atoms with Crippen LogP contribution in [0.15, 0.2) is 54.6 Å². The van der Waals surface area contributed by atoms with E-state index < -0.39 is 6.04 Å². The number of carbonyl (C=O) groups excluding carboxylic acids is 2. The van der Waals surface area contributed by atoms with Crippen molar-refractivity contribution in [3.63, 3.8) is 0 Å². The first-order valence-electron chi connectivity index (χ1n) is 9.10. The highest BCUT2D eigenvalue weighted by atomic mass is 16.5. The van der Waals surface area contributed by atoms with Crippen molar-refractivity contribution < 1.29 is 14.3 Å². The van der Waals surface area contributed by atoms with Gasteiger partial charge in [0.25, 0.3) is 5.91 Å². The van der Waals surface area contributed by atoms with Crippen molar-refractivity contribution in [3.05, 3.63) is 65.7 Å². The number of carbonyl (C=O) groups is 2. The number of benzene rings is 2. The first kappa shape index (κ1) is 18.9. The Bertz CT molecular complexity index is 769. The summed E-state index contributed by atoms with van der Waals surface area (Å²) < 4.78 is 5.12. The normalized spacial score (nSPS) is 15.3. The highest BCUT2D eigenvalue weighted by molar-refractivity contribution is 5.94. The van der Waals surface area contributed by atoms with Crippen molar-refractivity contribution in [1.82, 2.24) is 9.80 Å². The van der Waals surface area contributed by atoms with Gasteiger partial charge in [-0.05, 0) is 36.2 Å². The summed E-state index contributed by atoms with van der Waals surface area (Å²) in [5.74, 6) is 0.628. The summed E-state index contributed by atoms with van der Waals surface area (Å²) in [7, 11) is 1.59. The lowest BCUT2D eigenvalue weighted by Gasteiger charge is -2.36. The van der Waals surface area contributed by atoms with Gasteiger partial charge in [-0.1, -0.05) is 30.3 Å². The number of hydrogen-bond donors (Lipinski definition) is 1. The molecule has 1 heterocycles. The second-order valence-electron chi connectivity index (χ2n) is 6.64. The van der Waals surface area contributed by atoms with Gasteiger partial charge in [-0.15, -0.1) is 0 Å². The maximum absolute atomic E-state index is 12.6. The molecule has 0 aliphatic carbocycles. The first-order chi connectivity index (χ1) is 13.1. The van der Waals surface area contributed by atoms with Gasteiger partial charge in [0, 0.05) is 31.7 Å². The predicted molar refractivity (Wildman–Crippen MR) is 104 cm³/mol. The van der Waals surface area contributed by atoms with Crippen LogP contribution < -0.4 is 10.5 Å². The molecule has 2 aromatic rings. The Morgan fingerprint density at radius 3 is 2.15 bits per heavy atom. The Labute approximate surface area is 159 Å². The van der Waals surface area contributed by atoms with Gasteiger partial charge in [0.2, 0.25) is 5.91 Å². The summed E-state index contributed by atoms with van der Waals surface area (Å²) >= 11 is 0. The van der Waals surface area contributed by atoms with Crippen LogP contribution in [-0.4, -0.2) is 60.9 Å². The Hall–Kier alpha value is -2.86. The molecule has 6 heteroatoms. The number of nitrogens with two attached hydrogens (primary N) is 1. The van der Waals surface area contributed by atoms with E-state index >= 15 is 0 Å². The number of nitrogens with zero attached hydrogens (tertiary/aromatic N) is 2. The van der Waals surface area contributed by atoms with Crippen molar-refractivity contribution in [1.29, 1.82) is 0 Å². The maximum atomic E-state index is 12.6. The zero-order chi connectivity index (χ0) is 19.2. The molecule has 1 fully saturated rings. The summed E-state index contributed by atoms with van der Waals surface area (Å²) in [6, 6.07) is 16.3. The summed E-state index contributed by atoms with van der Waals surface area (Å²) in [6.07, 6.45) is 0.519. The lowest BCUT2D eigenvalue weighted by Crippen LogP contribution is -2.54. The molecule has 1 atom stereocenters. The van der Waals surface area contributed by atoms with Crippen molar-refractivity contribution in [3.8, 4) is 5.75 Å². The second kappa shape index (κ2) is 8.68. The number of amides is 2. The average molecular weight is 367 g/mol. The molecule has 2 aromatic carbocycles. The summed E-state index contributed by atoms with van der Waals surface area (Å²) in [5, 5.41) is 0. The highest BCUT2D eigenvalue weighted by Gasteiger charge is 2.27. The molecule has 1 unspecified atom stereocenters. The van der Waals surface area contributed by atoms with Gasteiger partial charge in [-0.2, -0.15) is 0 Å². The Kier molecular flexibility index (Phi) is 6.08. The summed E-state index contributed by atoms with van der Waals surface area (Å²) in [4.78, 5) is 28.7. The monoisotopic (exact) mass is 367 g/mol. The van der Waals surface area contributed by atoms with Gasteiger partial charge in [-0.25, -0.2) is 0 Å². The van der Waals surface area contributed by atoms with E-state index in [0.717, 1.165) is 11.3 Å². The fraction of sp³-hybridized carbons (Fsp3) is 0.333. The predicted octanol–water partition coefficient (Wildman–Crippen LogP) is 1.55. The third kappa shape index (κ3) is 4.65. The topological polar surface area (TPSA) is 75.9 Å². The molecule has 2 N–H and O–H groups in total. The Morgan fingerprint density at radius 2 is 1.56 bits per heavy atom. The zero-order valence-corrected chi connectivity index (χ0v) is 15.5. The van der Waals surface area contributed by atoms with Crippen molar-refractivity contribution in [2.24, 2.45) is 5.73 Å². The molecule has 0 saturated carbocycles. The number of methoxy groups -OCH3 is 1. The minimum absolute atomic E-state index is 0.0293. The van der Waals surface area contributed by atoms with Crippen LogP contribution in [0.25, 0.3) is 0 Å². The quantitative estimate of drug-likeness (QED) is 0.870. The van der Waals surface area contributed by atoms with Gasteiger partial charge in [0.05, 0.1) is 13.2 Å². The fourth-order valence-corrected chi connectivity index (χ4v) is 3.24. The molecule has 0 aromatic heterocycles. The smallest absolute Gasteiger partial charge is 0.253 e.